The smallest absolute Gasteiger partial charge is 0.264 e. The third-order valence-corrected chi connectivity index (χ3v) is 3.34. The van der Waals surface area contributed by atoms with E-state index in [9.17, 15) is 9.59 Å². The first kappa shape index (κ1) is 15.1. The Hall–Kier alpha value is -2.34. The molecule has 0 saturated carbocycles. The maximum Gasteiger partial charge on any atom is 0.264 e. The number of anilines is 1. The number of carbonyl (C=O) groups excluding carboxylic acids is 1. The standard InChI is InChI=1S/C15H20N4O2/c1-10(9-16)2-7-14(20)17-12-5-3-11(4-6-12)13-8-15(21)19-18-13/h3-6,8,10H,2,7,9,16H2,1H3,(H,17,20)(H2,18,19,21). The second-order valence-electron chi connectivity index (χ2n) is 5.18. The summed E-state index contributed by atoms with van der Waals surface area (Å²) >= 11 is 0. The molecule has 112 valence electrons. The van der Waals surface area contributed by atoms with E-state index in [1.165, 1.54) is 6.07 Å². The van der Waals surface area contributed by atoms with E-state index >= 15 is 0 Å². The first-order valence-electron chi connectivity index (χ1n) is 6.96. The summed E-state index contributed by atoms with van der Waals surface area (Å²) in [7, 11) is 0. The van der Waals surface area contributed by atoms with Crippen LogP contribution in [-0.4, -0.2) is 22.6 Å². The second-order valence-corrected chi connectivity index (χ2v) is 5.18. The number of hydrogen-bond acceptors (Lipinski definition) is 3. The van der Waals surface area contributed by atoms with Crippen molar-refractivity contribution in [3.63, 3.8) is 0 Å². The van der Waals surface area contributed by atoms with E-state index < -0.39 is 0 Å². The number of H-pyrrole nitrogens is 2. The average molecular weight is 288 g/mol. The number of carbonyl (C=O) groups is 1. The highest BCUT2D eigenvalue weighted by Gasteiger charge is 2.06. The van der Waals surface area contributed by atoms with Gasteiger partial charge in [0.15, 0.2) is 0 Å². The molecule has 0 spiro atoms. The minimum atomic E-state index is -0.170. The topological polar surface area (TPSA) is 104 Å². The predicted molar refractivity (Wildman–Crippen MR) is 82.9 cm³/mol. The van der Waals surface area contributed by atoms with Crippen molar-refractivity contribution < 1.29 is 4.79 Å². The molecule has 1 unspecified atom stereocenters. The molecule has 0 bridgehead atoms. The van der Waals surface area contributed by atoms with Gasteiger partial charge in [-0.15, -0.1) is 0 Å². The van der Waals surface area contributed by atoms with Crippen molar-refractivity contribution in [3.05, 3.63) is 40.7 Å². The largest absolute Gasteiger partial charge is 0.330 e. The maximum absolute atomic E-state index is 11.8. The monoisotopic (exact) mass is 288 g/mol. The zero-order chi connectivity index (χ0) is 15.2. The number of nitrogens with two attached hydrogens (primary N) is 1. The summed E-state index contributed by atoms with van der Waals surface area (Å²) in [5.41, 5.74) is 7.69. The molecular weight excluding hydrogens is 268 g/mol. The lowest BCUT2D eigenvalue weighted by molar-refractivity contribution is -0.116. The van der Waals surface area contributed by atoms with Crippen LogP contribution >= 0.6 is 0 Å². The van der Waals surface area contributed by atoms with Crippen molar-refractivity contribution in [2.45, 2.75) is 19.8 Å². The normalized spacial score (nSPS) is 12.1. The number of hydrogen-bond donors (Lipinski definition) is 4. The van der Waals surface area contributed by atoms with Crippen LogP contribution in [0.2, 0.25) is 0 Å². The third-order valence-electron chi connectivity index (χ3n) is 3.34. The van der Waals surface area contributed by atoms with E-state index in [4.69, 9.17) is 5.73 Å². The van der Waals surface area contributed by atoms with Gasteiger partial charge in [-0.2, -0.15) is 0 Å². The minimum absolute atomic E-state index is 0.0156. The zero-order valence-corrected chi connectivity index (χ0v) is 12.0. The van der Waals surface area contributed by atoms with E-state index in [-0.39, 0.29) is 11.5 Å². The molecular formula is C15H20N4O2. The Bertz CT molecular complexity index is 642. The molecule has 5 N–H and O–H groups in total. The molecule has 0 fully saturated rings. The van der Waals surface area contributed by atoms with Gasteiger partial charge in [0.25, 0.3) is 5.56 Å². The van der Waals surface area contributed by atoms with E-state index in [2.05, 4.69) is 15.5 Å². The summed E-state index contributed by atoms with van der Waals surface area (Å²) < 4.78 is 0. The number of amides is 1. The molecule has 6 nitrogen and oxygen atoms in total. The Morgan fingerprint density at radius 3 is 2.57 bits per heavy atom. The van der Waals surface area contributed by atoms with Crippen LogP contribution in [0.5, 0.6) is 0 Å². The Balaban J connectivity index is 1.93. The summed E-state index contributed by atoms with van der Waals surface area (Å²) in [4.78, 5) is 22.9. The van der Waals surface area contributed by atoms with Crippen molar-refractivity contribution in [1.82, 2.24) is 10.2 Å². The van der Waals surface area contributed by atoms with E-state index in [1.54, 1.807) is 0 Å². The van der Waals surface area contributed by atoms with Crippen molar-refractivity contribution in [2.24, 2.45) is 11.7 Å². The lowest BCUT2D eigenvalue weighted by Crippen LogP contribution is -2.16. The molecule has 0 aliphatic rings. The Morgan fingerprint density at radius 2 is 2.00 bits per heavy atom. The van der Waals surface area contributed by atoms with Gasteiger partial charge in [-0.25, -0.2) is 0 Å². The predicted octanol–water partition coefficient (Wildman–Crippen LogP) is 1.68. The van der Waals surface area contributed by atoms with Crippen molar-refractivity contribution >= 4 is 11.6 Å². The molecule has 2 rings (SSSR count). The fourth-order valence-electron chi connectivity index (χ4n) is 1.94. The second kappa shape index (κ2) is 6.90. The molecule has 6 heteroatoms. The van der Waals surface area contributed by atoms with Gasteiger partial charge in [0.1, 0.15) is 0 Å². The summed E-state index contributed by atoms with van der Waals surface area (Å²) in [6, 6.07) is 8.80. The van der Waals surface area contributed by atoms with E-state index in [0.29, 0.717) is 18.9 Å². The Morgan fingerprint density at radius 1 is 1.29 bits per heavy atom. The van der Waals surface area contributed by atoms with Crippen LogP contribution in [0, 0.1) is 5.92 Å². The van der Waals surface area contributed by atoms with Crippen molar-refractivity contribution in [1.29, 1.82) is 0 Å². The minimum Gasteiger partial charge on any atom is -0.330 e. The molecule has 1 amide bonds. The number of nitrogens with one attached hydrogen (secondary N) is 3. The van der Waals surface area contributed by atoms with Gasteiger partial charge in [0.2, 0.25) is 5.91 Å². The van der Waals surface area contributed by atoms with Crippen LogP contribution < -0.4 is 16.6 Å². The highest BCUT2D eigenvalue weighted by atomic mass is 16.1. The SMILES string of the molecule is CC(CN)CCC(=O)Nc1ccc(-c2cc(=O)[nH][nH]2)cc1. The average Bonchev–Trinajstić information content (AvgIpc) is 2.92. The van der Waals surface area contributed by atoms with Gasteiger partial charge in [-0.1, -0.05) is 19.1 Å². The molecule has 0 radical (unpaired) electrons. The first-order valence-corrected chi connectivity index (χ1v) is 6.96. The van der Waals surface area contributed by atoms with Crippen LogP contribution in [0.3, 0.4) is 0 Å². The molecule has 21 heavy (non-hydrogen) atoms. The molecule has 0 aliphatic heterocycles. The fraction of sp³-hybridized carbons (Fsp3) is 0.333. The van der Waals surface area contributed by atoms with Gasteiger partial charge in [-0.3, -0.25) is 19.8 Å². The molecule has 1 aromatic carbocycles. The van der Waals surface area contributed by atoms with Crippen LogP contribution in [0.1, 0.15) is 19.8 Å². The quantitative estimate of drug-likeness (QED) is 0.650. The molecule has 2 aromatic rings. The summed E-state index contributed by atoms with van der Waals surface area (Å²) in [5.74, 6) is 0.335. The van der Waals surface area contributed by atoms with Gasteiger partial charge >= 0.3 is 0 Å². The maximum atomic E-state index is 11.8. The summed E-state index contributed by atoms with van der Waals surface area (Å²) in [6.45, 7) is 2.62. The van der Waals surface area contributed by atoms with Crippen LogP contribution in [0.15, 0.2) is 35.1 Å². The molecule has 1 atom stereocenters. The van der Waals surface area contributed by atoms with Crippen LogP contribution in [-0.2, 0) is 4.79 Å². The fourth-order valence-corrected chi connectivity index (χ4v) is 1.94. The molecule has 0 aliphatic carbocycles. The van der Waals surface area contributed by atoms with Crippen molar-refractivity contribution in [3.8, 4) is 11.3 Å². The lowest BCUT2D eigenvalue weighted by Gasteiger charge is -2.09. The number of benzene rings is 1. The highest BCUT2D eigenvalue weighted by Crippen LogP contribution is 2.18. The zero-order valence-electron chi connectivity index (χ0n) is 12.0. The van der Waals surface area contributed by atoms with Crippen LogP contribution in [0.4, 0.5) is 5.69 Å². The number of rotatable bonds is 6. The van der Waals surface area contributed by atoms with Gasteiger partial charge in [0.05, 0.1) is 5.69 Å². The number of aromatic nitrogens is 2. The molecule has 0 saturated heterocycles. The third kappa shape index (κ3) is 4.32. The van der Waals surface area contributed by atoms with Gasteiger partial charge < -0.3 is 11.1 Å². The van der Waals surface area contributed by atoms with E-state index in [0.717, 1.165) is 23.4 Å². The molecule has 1 heterocycles. The lowest BCUT2D eigenvalue weighted by atomic mass is 10.1. The molecule has 1 aromatic heterocycles. The van der Waals surface area contributed by atoms with Crippen molar-refractivity contribution in [2.75, 3.05) is 11.9 Å². The van der Waals surface area contributed by atoms with Gasteiger partial charge in [0, 0.05) is 18.2 Å². The summed E-state index contributed by atoms with van der Waals surface area (Å²) in [6.07, 6.45) is 1.25. The van der Waals surface area contributed by atoms with Crippen LogP contribution in [0.25, 0.3) is 11.3 Å². The van der Waals surface area contributed by atoms with E-state index in [1.807, 2.05) is 31.2 Å². The highest BCUT2D eigenvalue weighted by molar-refractivity contribution is 5.90. The Kier molecular flexibility index (Phi) is 4.94. The summed E-state index contributed by atoms with van der Waals surface area (Å²) in [5, 5.41) is 8.12. The van der Waals surface area contributed by atoms with Gasteiger partial charge in [-0.05, 0) is 36.6 Å². The Labute approximate surface area is 122 Å². The number of aromatic amines is 2. The first-order chi connectivity index (χ1) is 10.1.